The van der Waals surface area contributed by atoms with Gasteiger partial charge in [-0.1, -0.05) is 0 Å². The highest BCUT2D eigenvalue weighted by Crippen LogP contribution is 2.33. The second-order valence-corrected chi connectivity index (χ2v) is 10.6. The number of carbonyl (C=O) groups excluding carboxylic acids is 5. The number of hydrogen-bond donors (Lipinski definition) is 1. The van der Waals surface area contributed by atoms with Gasteiger partial charge in [0.05, 0.1) is 11.1 Å². The van der Waals surface area contributed by atoms with Crippen molar-refractivity contribution in [1.82, 2.24) is 15.1 Å². The van der Waals surface area contributed by atoms with E-state index in [1.165, 1.54) is 0 Å². The van der Waals surface area contributed by atoms with Crippen LogP contribution >= 0.6 is 0 Å². The molecule has 10 heteroatoms. The number of anilines is 1. The van der Waals surface area contributed by atoms with Crippen LogP contribution < -0.4 is 15.0 Å². The SMILES string of the molecule is O=Cc1ccc(N2CCN(C3CCC(Oc4ccc5c(c4)C(=O)N(C4CCC(=O)NC4=O)C5=O)C3)CC2)cc1. The molecule has 10 nitrogen and oxygen atoms in total. The zero-order chi connectivity index (χ0) is 27.1. The second-order valence-electron chi connectivity index (χ2n) is 10.6. The number of rotatable bonds is 6. The first-order valence-electron chi connectivity index (χ1n) is 13.5. The number of nitrogens with zero attached hydrogens (tertiary/aromatic N) is 3. The summed E-state index contributed by atoms with van der Waals surface area (Å²) in [6.45, 7) is 3.76. The first-order chi connectivity index (χ1) is 18.9. The van der Waals surface area contributed by atoms with Crippen LogP contribution in [0.15, 0.2) is 42.5 Å². The molecule has 2 aromatic carbocycles. The largest absolute Gasteiger partial charge is 0.490 e. The van der Waals surface area contributed by atoms with Gasteiger partial charge in [-0.2, -0.15) is 0 Å². The lowest BCUT2D eigenvalue weighted by atomic mass is 10.0. The maximum atomic E-state index is 13.1. The standard InChI is InChI=1S/C29H30N4O6/c34-17-18-1-3-19(4-2-18)31-11-13-32(14-12-31)20-5-6-21(15-20)39-22-7-8-23-24(16-22)29(38)33(28(23)37)25-9-10-26(35)30-27(25)36/h1-4,7-8,16-17,20-21,25H,5-6,9-15H2,(H,30,35,36). The first kappa shape index (κ1) is 25.2. The van der Waals surface area contributed by atoms with Crippen molar-refractivity contribution >= 4 is 35.6 Å². The van der Waals surface area contributed by atoms with Crippen molar-refractivity contribution in [1.29, 1.82) is 0 Å². The molecule has 6 rings (SSSR count). The monoisotopic (exact) mass is 530 g/mol. The lowest BCUT2D eigenvalue weighted by Gasteiger charge is -2.39. The van der Waals surface area contributed by atoms with E-state index in [9.17, 15) is 24.0 Å². The first-order valence-corrected chi connectivity index (χ1v) is 13.5. The third-order valence-corrected chi connectivity index (χ3v) is 8.30. The van der Waals surface area contributed by atoms with Gasteiger partial charge >= 0.3 is 0 Å². The lowest BCUT2D eigenvalue weighted by molar-refractivity contribution is -0.136. The van der Waals surface area contributed by atoms with Crippen molar-refractivity contribution in [3.63, 3.8) is 0 Å². The molecule has 3 heterocycles. The van der Waals surface area contributed by atoms with Gasteiger partial charge in [-0.25, -0.2) is 0 Å². The number of nitrogens with one attached hydrogen (secondary N) is 1. The molecule has 202 valence electrons. The third-order valence-electron chi connectivity index (χ3n) is 8.30. The van der Waals surface area contributed by atoms with E-state index in [1.807, 2.05) is 24.3 Å². The zero-order valence-corrected chi connectivity index (χ0v) is 21.5. The van der Waals surface area contributed by atoms with Crippen molar-refractivity contribution in [2.45, 2.75) is 50.3 Å². The van der Waals surface area contributed by atoms with Crippen molar-refractivity contribution in [3.8, 4) is 5.75 Å². The number of ether oxygens (including phenoxy) is 1. The van der Waals surface area contributed by atoms with Crippen molar-refractivity contribution in [3.05, 3.63) is 59.2 Å². The molecule has 0 spiro atoms. The summed E-state index contributed by atoms with van der Waals surface area (Å²) in [4.78, 5) is 66.5. The average Bonchev–Trinajstić information content (AvgIpc) is 3.51. The number of imide groups is 2. The molecule has 3 fully saturated rings. The molecule has 1 aliphatic carbocycles. The van der Waals surface area contributed by atoms with Crippen LogP contribution in [0.5, 0.6) is 5.75 Å². The van der Waals surface area contributed by atoms with Crippen LogP contribution in [0.3, 0.4) is 0 Å². The Morgan fingerprint density at radius 1 is 0.846 bits per heavy atom. The number of piperidine rings is 1. The molecule has 3 atom stereocenters. The summed E-state index contributed by atoms with van der Waals surface area (Å²) in [5.41, 5.74) is 2.29. The van der Waals surface area contributed by atoms with Crippen molar-refractivity contribution in [2.75, 3.05) is 31.1 Å². The minimum absolute atomic E-state index is 0.0143. The van der Waals surface area contributed by atoms with Crippen LogP contribution in [0.1, 0.15) is 63.2 Å². The Kier molecular flexibility index (Phi) is 6.64. The summed E-state index contributed by atoms with van der Waals surface area (Å²) in [5, 5.41) is 2.21. The second kappa shape index (κ2) is 10.3. The molecule has 1 N–H and O–H groups in total. The van der Waals surface area contributed by atoms with Crippen molar-refractivity contribution in [2.24, 2.45) is 0 Å². The molecule has 2 saturated heterocycles. The summed E-state index contributed by atoms with van der Waals surface area (Å²) < 4.78 is 6.26. The number of hydrogen-bond acceptors (Lipinski definition) is 8. The summed E-state index contributed by atoms with van der Waals surface area (Å²) in [5.74, 6) is -1.53. The van der Waals surface area contributed by atoms with Crippen molar-refractivity contribution < 1.29 is 28.7 Å². The van der Waals surface area contributed by atoms with Gasteiger partial charge in [0, 0.05) is 49.9 Å². The Morgan fingerprint density at radius 3 is 2.31 bits per heavy atom. The van der Waals surface area contributed by atoms with Gasteiger partial charge in [-0.05, 0) is 68.1 Å². The fourth-order valence-corrected chi connectivity index (χ4v) is 6.18. The lowest BCUT2D eigenvalue weighted by Crippen LogP contribution is -2.54. The molecule has 0 bridgehead atoms. The predicted molar refractivity (Wildman–Crippen MR) is 141 cm³/mol. The molecule has 3 unspecified atom stereocenters. The normalized spacial score (nSPS) is 25.6. The highest BCUT2D eigenvalue weighted by Gasteiger charge is 2.45. The molecule has 4 aliphatic rings. The van der Waals surface area contributed by atoms with Gasteiger partial charge in [0.15, 0.2) is 0 Å². The Balaban J connectivity index is 1.05. The summed E-state index contributed by atoms with van der Waals surface area (Å²) in [6, 6.07) is 12.0. The number of benzene rings is 2. The maximum Gasteiger partial charge on any atom is 0.262 e. The van der Waals surface area contributed by atoms with E-state index in [-0.39, 0.29) is 30.1 Å². The van der Waals surface area contributed by atoms with Gasteiger partial charge in [0.1, 0.15) is 24.2 Å². The van der Waals surface area contributed by atoms with E-state index in [2.05, 4.69) is 15.1 Å². The molecule has 39 heavy (non-hydrogen) atoms. The van der Waals surface area contributed by atoms with Crippen LogP contribution in [0, 0.1) is 0 Å². The quantitative estimate of drug-likeness (QED) is 0.446. The Bertz CT molecular complexity index is 1330. The molecular weight excluding hydrogens is 500 g/mol. The highest BCUT2D eigenvalue weighted by atomic mass is 16.5. The van der Waals surface area contributed by atoms with Gasteiger partial charge in [-0.3, -0.25) is 39.1 Å². The molecule has 3 aliphatic heterocycles. The van der Waals surface area contributed by atoms with Crippen LogP contribution in [-0.2, 0) is 9.59 Å². The van der Waals surface area contributed by atoms with E-state index in [1.54, 1.807) is 18.2 Å². The van der Waals surface area contributed by atoms with E-state index in [4.69, 9.17) is 4.74 Å². The third kappa shape index (κ3) is 4.80. The van der Waals surface area contributed by atoms with E-state index < -0.39 is 29.7 Å². The molecular formula is C29H30N4O6. The van der Waals surface area contributed by atoms with Crippen LogP contribution in [0.2, 0.25) is 0 Å². The Labute approximate surface area is 225 Å². The smallest absolute Gasteiger partial charge is 0.262 e. The summed E-state index contributed by atoms with van der Waals surface area (Å²) in [6.07, 6.45) is 3.92. The maximum absolute atomic E-state index is 13.1. The molecule has 4 amide bonds. The van der Waals surface area contributed by atoms with Gasteiger partial charge in [0.2, 0.25) is 11.8 Å². The minimum atomic E-state index is -0.980. The fraction of sp³-hybridized carbons (Fsp3) is 0.414. The van der Waals surface area contributed by atoms with Crippen LogP contribution in [0.4, 0.5) is 5.69 Å². The molecule has 0 radical (unpaired) electrons. The fourth-order valence-electron chi connectivity index (χ4n) is 6.18. The van der Waals surface area contributed by atoms with Gasteiger partial charge in [-0.15, -0.1) is 0 Å². The Morgan fingerprint density at radius 2 is 1.59 bits per heavy atom. The highest BCUT2D eigenvalue weighted by molar-refractivity contribution is 6.23. The van der Waals surface area contributed by atoms with Gasteiger partial charge in [0.25, 0.3) is 11.8 Å². The molecule has 1 saturated carbocycles. The molecule has 2 aromatic rings. The number of piperazine rings is 1. The van der Waals surface area contributed by atoms with Crippen LogP contribution in [0.25, 0.3) is 0 Å². The van der Waals surface area contributed by atoms with E-state index in [0.29, 0.717) is 17.4 Å². The predicted octanol–water partition coefficient (Wildman–Crippen LogP) is 2.02. The van der Waals surface area contributed by atoms with Crippen LogP contribution in [-0.4, -0.2) is 84.1 Å². The summed E-state index contributed by atoms with van der Waals surface area (Å²) in [7, 11) is 0. The number of amides is 4. The number of aldehydes is 1. The van der Waals surface area contributed by atoms with Gasteiger partial charge < -0.3 is 9.64 Å². The topological polar surface area (TPSA) is 116 Å². The van der Waals surface area contributed by atoms with E-state index >= 15 is 0 Å². The zero-order valence-electron chi connectivity index (χ0n) is 21.5. The summed E-state index contributed by atoms with van der Waals surface area (Å²) >= 11 is 0. The Hall–Kier alpha value is -4.05. The molecule has 0 aromatic heterocycles. The number of carbonyl (C=O) groups is 5. The minimum Gasteiger partial charge on any atom is -0.490 e. The van der Waals surface area contributed by atoms with E-state index in [0.717, 1.165) is 62.3 Å². The average molecular weight is 531 g/mol. The number of fused-ring (bicyclic) bond motifs is 1.